The van der Waals surface area contributed by atoms with Gasteiger partial charge in [-0.3, -0.25) is 0 Å². The molecule has 112 valence electrons. The zero-order valence-corrected chi connectivity index (χ0v) is 13.7. The van der Waals surface area contributed by atoms with Crippen molar-refractivity contribution in [2.45, 2.75) is 44.0 Å². The van der Waals surface area contributed by atoms with Crippen molar-refractivity contribution in [3.8, 4) is 0 Å². The van der Waals surface area contributed by atoms with Gasteiger partial charge in [0, 0.05) is 27.4 Å². The molecule has 0 N–H and O–H groups in total. The van der Waals surface area contributed by atoms with E-state index in [2.05, 4.69) is 21.0 Å². The first-order valence-electron chi connectivity index (χ1n) is 7.27. The molecule has 1 aliphatic carbocycles. The number of benzene rings is 1. The number of fused-ring (bicyclic) bond motifs is 1. The topological polar surface area (TPSA) is 27.1 Å². The van der Waals surface area contributed by atoms with Crippen molar-refractivity contribution in [1.82, 2.24) is 9.78 Å². The zero-order valence-electron chi connectivity index (χ0n) is 11.4. The minimum absolute atomic E-state index is 0.0279. The van der Waals surface area contributed by atoms with Crippen molar-refractivity contribution in [3.63, 3.8) is 0 Å². The van der Waals surface area contributed by atoms with E-state index in [-0.39, 0.29) is 12.1 Å². The van der Waals surface area contributed by atoms with E-state index < -0.39 is 6.17 Å². The second kappa shape index (κ2) is 5.21. The molecular formula is C15H15BrClFN2O. The summed E-state index contributed by atoms with van der Waals surface area (Å²) in [5.41, 5.74) is 1.82. The summed E-state index contributed by atoms with van der Waals surface area (Å²) >= 11 is 9.99. The first-order valence-corrected chi connectivity index (χ1v) is 8.44. The molecule has 2 heterocycles. The van der Waals surface area contributed by atoms with E-state index in [0.29, 0.717) is 11.4 Å². The van der Waals surface area contributed by atoms with Crippen LogP contribution in [0.5, 0.6) is 0 Å². The highest BCUT2D eigenvalue weighted by Crippen LogP contribution is 2.50. The van der Waals surface area contributed by atoms with Gasteiger partial charge in [-0.15, -0.1) is 0 Å². The zero-order chi connectivity index (χ0) is 14.6. The molecule has 1 aromatic heterocycles. The monoisotopic (exact) mass is 372 g/mol. The van der Waals surface area contributed by atoms with E-state index in [0.717, 1.165) is 46.8 Å². The maximum atomic E-state index is 13.4. The Hall–Kier alpha value is -0.650. The molecule has 1 aromatic carbocycles. The van der Waals surface area contributed by atoms with Crippen LogP contribution in [0, 0.1) is 0 Å². The Morgan fingerprint density at radius 3 is 2.90 bits per heavy atom. The van der Waals surface area contributed by atoms with E-state index in [4.69, 9.17) is 16.3 Å². The van der Waals surface area contributed by atoms with Crippen LogP contribution in [-0.2, 0) is 4.74 Å². The second-order valence-corrected chi connectivity index (χ2v) is 6.99. The van der Waals surface area contributed by atoms with E-state index in [9.17, 15) is 4.39 Å². The lowest BCUT2D eigenvalue weighted by Gasteiger charge is -2.23. The summed E-state index contributed by atoms with van der Waals surface area (Å²) in [6.07, 6.45) is 4.78. The fourth-order valence-electron chi connectivity index (χ4n) is 3.08. The highest BCUT2D eigenvalue weighted by molar-refractivity contribution is 9.10. The second-order valence-electron chi connectivity index (χ2n) is 5.79. The summed E-state index contributed by atoms with van der Waals surface area (Å²) in [6, 6.07) is 1.90. The Balaban J connectivity index is 1.81. The van der Waals surface area contributed by atoms with Crippen molar-refractivity contribution in [2.24, 2.45) is 0 Å². The molecule has 3 atom stereocenters. The summed E-state index contributed by atoms with van der Waals surface area (Å²) in [4.78, 5) is 0. The molecule has 0 bridgehead atoms. The lowest BCUT2D eigenvalue weighted by Crippen LogP contribution is -2.18. The largest absolute Gasteiger partial charge is 0.356 e. The van der Waals surface area contributed by atoms with Crippen molar-refractivity contribution in [3.05, 3.63) is 27.3 Å². The molecule has 3 nitrogen and oxygen atoms in total. The van der Waals surface area contributed by atoms with Crippen LogP contribution in [0.25, 0.3) is 10.9 Å². The van der Waals surface area contributed by atoms with Crippen molar-refractivity contribution >= 4 is 38.4 Å². The Morgan fingerprint density at radius 1 is 1.43 bits per heavy atom. The number of alkyl halides is 1. The number of nitrogens with zero attached hydrogens (tertiary/aromatic N) is 2. The third-order valence-electron chi connectivity index (χ3n) is 4.34. The third kappa shape index (κ3) is 2.30. The Kier molecular flexibility index (Phi) is 3.47. The molecule has 2 fully saturated rings. The maximum Gasteiger partial charge on any atom is 0.150 e. The van der Waals surface area contributed by atoms with Gasteiger partial charge in [0.2, 0.25) is 0 Å². The van der Waals surface area contributed by atoms with Gasteiger partial charge in [-0.2, -0.15) is 5.10 Å². The molecule has 0 radical (unpaired) electrons. The standard InChI is InChI=1S/C15H15BrClFN2O/c16-15-9-7-19-20(13-3-1-2-4-21-13)12(9)6-10(17)14(15)8-5-11(8)18/h6-8,11,13H,1-5H2. The van der Waals surface area contributed by atoms with Gasteiger partial charge in [-0.1, -0.05) is 11.6 Å². The summed E-state index contributed by atoms with van der Waals surface area (Å²) in [5, 5.41) is 6.05. The molecule has 2 aromatic rings. The predicted octanol–water partition coefficient (Wildman–Crippen LogP) is 4.98. The highest BCUT2D eigenvalue weighted by atomic mass is 79.9. The van der Waals surface area contributed by atoms with Gasteiger partial charge in [0.05, 0.1) is 11.7 Å². The van der Waals surface area contributed by atoms with Gasteiger partial charge >= 0.3 is 0 Å². The van der Waals surface area contributed by atoms with Gasteiger partial charge < -0.3 is 4.74 Å². The lowest BCUT2D eigenvalue weighted by molar-refractivity contribution is -0.0366. The fourth-order valence-corrected chi connectivity index (χ4v) is 4.35. The molecule has 3 unspecified atom stereocenters. The smallest absolute Gasteiger partial charge is 0.150 e. The van der Waals surface area contributed by atoms with E-state index in [1.54, 1.807) is 0 Å². The van der Waals surface area contributed by atoms with Crippen molar-refractivity contribution < 1.29 is 9.13 Å². The summed E-state index contributed by atoms with van der Waals surface area (Å²) in [7, 11) is 0. The van der Waals surface area contributed by atoms with E-state index >= 15 is 0 Å². The van der Waals surface area contributed by atoms with Crippen LogP contribution in [0.2, 0.25) is 5.02 Å². The molecule has 4 rings (SSSR count). The Labute approximate surface area is 135 Å². The average molecular weight is 374 g/mol. The van der Waals surface area contributed by atoms with Gasteiger partial charge in [-0.25, -0.2) is 9.07 Å². The molecule has 0 amide bonds. The fraction of sp³-hybridized carbons (Fsp3) is 0.533. The minimum atomic E-state index is -0.770. The lowest BCUT2D eigenvalue weighted by atomic mass is 10.1. The van der Waals surface area contributed by atoms with Crippen molar-refractivity contribution in [1.29, 1.82) is 0 Å². The highest BCUT2D eigenvalue weighted by Gasteiger charge is 2.41. The number of ether oxygens (including phenoxy) is 1. The van der Waals surface area contributed by atoms with Crippen LogP contribution in [0.3, 0.4) is 0 Å². The predicted molar refractivity (Wildman–Crippen MR) is 83.5 cm³/mol. The summed E-state index contributed by atoms with van der Waals surface area (Å²) < 4.78 is 22.0. The summed E-state index contributed by atoms with van der Waals surface area (Å²) in [6.45, 7) is 0.768. The average Bonchev–Trinajstić information content (AvgIpc) is 3.03. The molecule has 2 aliphatic rings. The number of aromatic nitrogens is 2. The molecule has 1 saturated carbocycles. The molecule has 21 heavy (non-hydrogen) atoms. The molecule has 1 saturated heterocycles. The molecule has 6 heteroatoms. The minimum Gasteiger partial charge on any atom is -0.356 e. The van der Waals surface area contributed by atoms with Gasteiger partial charge in [0.25, 0.3) is 0 Å². The van der Waals surface area contributed by atoms with Crippen LogP contribution in [0.1, 0.15) is 43.4 Å². The van der Waals surface area contributed by atoms with Crippen LogP contribution < -0.4 is 0 Å². The van der Waals surface area contributed by atoms with Crippen LogP contribution in [0.15, 0.2) is 16.7 Å². The Bertz CT molecular complexity index is 699. The number of rotatable bonds is 2. The number of hydrogen-bond donors (Lipinski definition) is 0. The molecule has 0 spiro atoms. The third-order valence-corrected chi connectivity index (χ3v) is 5.51. The number of halogens is 3. The quantitative estimate of drug-likeness (QED) is 0.742. The van der Waals surface area contributed by atoms with E-state index in [1.165, 1.54) is 0 Å². The normalized spacial score (nSPS) is 29.0. The summed E-state index contributed by atoms with van der Waals surface area (Å²) in [5.74, 6) is -0.0782. The van der Waals surface area contributed by atoms with E-state index in [1.807, 2.05) is 16.9 Å². The first-order chi connectivity index (χ1) is 10.2. The van der Waals surface area contributed by atoms with Crippen LogP contribution in [-0.4, -0.2) is 22.6 Å². The van der Waals surface area contributed by atoms with Gasteiger partial charge in [0.15, 0.2) is 6.23 Å². The Morgan fingerprint density at radius 2 is 2.24 bits per heavy atom. The van der Waals surface area contributed by atoms with Crippen LogP contribution >= 0.6 is 27.5 Å². The number of hydrogen-bond acceptors (Lipinski definition) is 2. The van der Waals surface area contributed by atoms with Gasteiger partial charge in [0.1, 0.15) is 6.17 Å². The van der Waals surface area contributed by atoms with Crippen molar-refractivity contribution in [2.75, 3.05) is 6.61 Å². The van der Waals surface area contributed by atoms with Crippen LogP contribution in [0.4, 0.5) is 4.39 Å². The first kappa shape index (κ1) is 14.0. The SMILES string of the molecule is FC1CC1c1c(Cl)cc2c(cnn2C2CCCCO2)c1Br. The van der Waals surface area contributed by atoms with Gasteiger partial charge in [-0.05, 0) is 53.2 Å². The molecular weight excluding hydrogens is 359 g/mol. The molecule has 1 aliphatic heterocycles. The maximum absolute atomic E-state index is 13.4.